The van der Waals surface area contributed by atoms with Crippen LogP contribution in [0.3, 0.4) is 0 Å². The molecule has 1 atom stereocenters. The third-order valence-electron chi connectivity index (χ3n) is 3.24. The molecule has 0 saturated carbocycles. The number of benzene rings is 1. The van der Waals surface area contributed by atoms with Gasteiger partial charge in [-0.05, 0) is 45.0 Å². The van der Waals surface area contributed by atoms with Gasteiger partial charge in [-0.3, -0.25) is 9.63 Å². The third-order valence-corrected chi connectivity index (χ3v) is 3.24. The maximum atomic E-state index is 11.6. The predicted octanol–water partition coefficient (Wildman–Crippen LogP) is 1.71. The van der Waals surface area contributed by atoms with Crippen molar-refractivity contribution >= 4 is 11.6 Å². The van der Waals surface area contributed by atoms with Crippen LogP contribution in [-0.4, -0.2) is 21.6 Å². The van der Waals surface area contributed by atoms with Crippen LogP contribution < -0.4 is 11.2 Å². The van der Waals surface area contributed by atoms with E-state index in [0.717, 1.165) is 17.1 Å². The summed E-state index contributed by atoms with van der Waals surface area (Å²) in [5.41, 5.74) is 3.77. The summed E-state index contributed by atoms with van der Waals surface area (Å²) in [7, 11) is 0. The number of aromatic nitrogens is 2. The molecule has 106 valence electrons. The van der Waals surface area contributed by atoms with Gasteiger partial charge in [-0.15, -0.1) is 0 Å². The van der Waals surface area contributed by atoms with Gasteiger partial charge < -0.3 is 9.88 Å². The molecule has 20 heavy (non-hydrogen) atoms. The summed E-state index contributed by atoms with van der Waals surface area (Å²) < 4.78 is 1.99. The summed E-state index contributed by atoms with van der Waals surface area (Å²) in [6.07, 6.45) is 1.09. The Kier molecular flexibility index (Phi) is 4.16. The molecule has 6 heteroatoms. The number of carbonyl (C=O) groups is 1. The van der Waals surface area contributed by atoms with Crippen LogP contribution in [0.25, 0.3) is 5.69 Å². The molecule has 0 aliphatic heterocycles. The monoisotopic (exact) mass is 274 g/mol. The molecule has 6 nitrogen and oxygen atoms in total. The second-order valence-electron chi connectivity index (χ2n) is 4.60. The van der Waals surface area contributed by atoms with E-state index >= 15 is 0 Å². The minimum Gasteiger partial charge on any atom is -0.324 e. The molecular formula is C14H18N4O2. The second-order valence-corrected chi connectivity index (χ2v) is 4.60. The highest BCUT2D eigenvalue weighted by Gasteiger charge is 2.12. The van der Waals surface area contributed by atoms with Crippen LogP contribution in [0.2, 0.25) is 0 Å². The number of rotatable bonds is 4. The zero-order valence-electron chi connectivity index (χ0n) is 11.8. The highest BCUT2D eigenvalue weighted by Crippen LogP contribution is 2.16. The van der Waals surface area contributed by atoms with Crippen molar-refractivity contribution in [2.75, 3.05) is 5.32 Å². The van der Waals surface area contributed by atoms with Crippen LogP contribution in [0.1, 0.15) is 18.3 Å². The van der Waals surface area contributed by atoms with E-state index in [0.29, 0.717) is 5.69 Å². The summed E-state index contributed by atoms with van der Waals surface area (Å²) >= 11 is 0. The molecule has 0 unspecified atom stereocenters. The highest BCUT2D eigenvalue weighted by molar-refractivity contribution is 5.93. The molecule has 1 aromatic heterocycles. The van der Waals surface area contributed by atoms with Crippen LogP contribution in [0, 0.1) is 13.8 Å². The fraction of sp³-hybridized carbons (Fsp3) is 0.286. The summed E-state index contributed by atoms with van der Waals surface area (Å²) in [5.74, 6) is 4.69. The zero-order chi connectivity index (χ0) is 14.7. The van der Waals surface area contributed by atoms with E-state index in [4.69, 9.17) is 5.90 Å². The Morgan fingerprint density at radius 1 is 1.35 bits per heavy atom. The smallest absolute Gasteiger partial charge is 0.255 e. The van der Waals surface area contributed by atoms with Gasteiger partial charge in [-0.2, -0.15) is 0 Å². The molecule has 0 aliphatic carbocycles. The molecule has 3 N–H and O–H groups in total. The number of amides is 1. The molecule has 0 fully saturated rings. The molecule has 1 amide bonds. The molecule has 0 bridgehead atoms. The maximum absolute atomic E-state index is 11.6. The number of hydrogen-bond acceptors (Lipinski definition) is 4. The van der Waals surface area contributed by atoms with E-state index in [-0.39, 0.29) is 5.91 Å². The summed E-state index contributed by atoms with van der Waals surface area (Å²) in [6, 6.07) is 7.48. The van der Waals surface area contributed by atoms with E-state index in [1.165, 1.54) is 0 Å². The van der Waals surface area contributed by atoms with Crippen LogP contribution in [0.5, 0.6) is 0 Å². The summed E-state index contributed by atoms with van der Waals surface area (Å²) in [4.78, 5) is 20.4. The van der Waals surface area contributed by atoms with Gasteiger partial charge in [0, 0.05) is 17.1 Å². The van der Waals surface area contributed by atoms with E-state index in [2.05, 4.69) is 15.1 Å². The fourth-order valence-corrected chi connectivity index (χ4v) is 1.77. The molecule has 0 spiro atoms. The van der Waals surface area contributed by atoms with Gasteiger partial charge in [-0.1, -0.05) is 0 Å². The Labute approximate surface area is 117 Å². The van der Waals surface area contributed by atoms with Gasteiger partial charge in [0.1, 0.15) is 0 Å². The van der Waals surface area contributed by atoms with Crippen molar-refractivity contribution < 1.29 is 9.63 Å². The standard InChI is InChI=1S/C14H18N4O2/c1-9-10(2)18(8-16-9)13-6-4-12(5-7-13)17-14(19)11(3)20-15/h4-8,11H,15H2,1-3H3,(H,17,19)/t11-/m0/s1. The van der Waals surface area contributed by atoms with Gasteiger partial charge in [0.15, 0.2) is 6.10 Å². The molecule has 0 saturated heterocycles. The first-order valence-electron chi connectivity index (χ1n) is 6.30. The van der Waals surface area contributed by atoms with Crippen molar-refractivity contribution in [1.29, 1.82) is 0 Å². The van der Waals surface area contributed by atoms with Crippen LogP contribution in [-0.2, 0) is 9.63 Å². The molecule has 0 aliphatic rings. The Hall–Kier alpha value is -2.18. The van der Waals surface area contributed by atoms with Crippen molar-refractivity contribution in [3.8, 4) is 5.69 Å². The fourth-order valence-electron chi connectivity index (χ4n) is 1.77. The van der Waals surface area contributed by atoms with Crippen molar-refractivity contribution in [2.45, 2.75) is 26.9 Å². The Morgan fingerprint density at radius 2 is 2.00 bits per heavy atom. The Balaban J connectivity index is 2.15. The average molecular weight is 274 g/mol. The Bertz CT molecular complexity index is 604. The van der Waals surface area contributed by atoms with Gasteiger partial charge in [0.2, 0.25) is 0 Å². The van der Waals surface area contributed by atoms with Crippen molar-refractivity contribution in [1.82, 2.24) is 9.55 Å². The van der Waals surface area contributed by atoms with Crippen LogP contribution in [0.15, 0.2) is 30.6 Å². The van der Waals surface area contributed by atoms with Crippen LogP contribution >= 0.6 is 0 Å². The number of imidazole rings is 1. The summed E-state index contributed by atoms with van der Waals surface area (Å²) in [5, 5.41) is 2.72. The number of carbonyl (C=O) groups excluding carboxylic acids is 1. The lowest BCUT2D eigenvalue weighted by atomic mass is 10.2. The van der Waals surface area contributed by atoms with E-state index < -0.39 is 6.10 Å². The number of anilines is 1. The topological polar surface area (TPSA) is 82.2 Å². The van der Waals surface area contributed by atoms with Crippen LogP contribution in [0.4, 0.5) is 5.69 Å². The van der Waals surface area contributed by atoms with Gasteiger partial charge in [-0.25, -0.2) is 10.9 Å². The first-order chi connectivity index (χ1) is 9.52. The largest absolute Gasteiger partial charge is 0.324 e. The SMILES string of the molecule is Cc1ncn(-c2ccc(NC(=O)[C@H](C)ON)cc2)c1C. The minimum absolute atomic E-state index is 0.282. The summed E-state index contributed by atoms with van der Waals surface area (Å²) in [6.45, 7) is 5.56. The average Bonchev–Trinajstić information content (AvgIpc) is 2.79. The molecule has 2 rings (SSSR count). The predicted molar refractivity (Wildman–Crippen MR) is 76.4 cm³/mol. The van der Waals surface area contributed by atoms with Crippen molar-refractivity contribution in [2.24, 2.45) is 5.90 Å². The minimum atomic E-state index is -0.687. The van der Waals surface area contributed by atoms with E-state index in [1.54, 1.807) is 13.3 Å². The number of nitrogens with one attached hydrogen (secondary N) is 1. The Morgan fingerprint density at radius 3 is 2.50 bits per heavy atom. The second kappa shape index (κ2) is 5.85. The molecule has 0 radical (unpaired) electrons. The lowest BCUT2D eigenvalue weighted by Crippen LogP contribution is -2.29. The third kappa shape index (κ3) is 2.87. The van der Waals surface area contributed by atoms with Gasteiger partial charge in [0.25, 0.3) is 5.91 Å². The lowest BCUT2D eigenvalue weighted by Gasteiger charge is -2.11. The zero-order valence-corrected chi connectivity index (χ0v) is 11.8. The normalized spacial score (nSPS) is 12.2. The molecule has 1 aromatic carbocycles. The maximum Gasteiger partial charge on any atom is 0.255 e. The lowest BCUT2D eigenvalue weighted by molar-refractivity contribution is -0.126. The first-order valence-corrected chi connectivity index (χ1v) is 6.30. The van der Waals surface area contributed by atoms with Gasteiger partial charge >= 0.3 is 0 Å². The van der Waals surface area contributed by atoms with E-state index in [9.17, 15) is 4.79 Å². The molecule has 2 aromatic rings. The quantitative estimate of drug-likeness (QED) is 0.831. The van der Waals surface area contributed by atoms with Crippen molar-refractivity contribution in [3.05, 3.63) is 42.0 Å². The number of hydrogen-bond donors (Lipinski definition) is 2. The van der Waals surface area contributed by atoms with Gasteiger partial charge in [0.05, 0.1) is 12.0 Å². The number of nitrogens with two attached hydrogens (primary N) is 1. The number of nitrogens with zero attached hydrogens (tertiary/aromatic N) is 2. The van der Waals surface area contributed by atoms with Crippen molar-refractivity contribution in [3.63, 3.8) is 0 Å². The molecular weight excluding hydrogens is 256 g/mol. The highest BCUT2D eigenvalue weighted by atomic mass is 16.6. The number of aryl methyl sites for hydroxylation is 1. The molecule has 1 heterocycles. The first kappa shape index (κ1) is 14.2. The van der Waals surface area contributed by atoms with E-state index in [1.807, 2.05) is 42.7 Å².